The average Bonchev–Trinajstić information content (AvgIpc) is 2.51. The lowest BCUT2D eigenvalue weighted by Crippen LogP contribution is -2.28. The van der Waals surface area contributed by atoms with Gasteiger partial charge in [-0.3, -0.25) is 0 Å². The quantitative estimate of drug-likeness (QED) is 0.798. The second-order valence-electron chi connectivity index (χ2n) is 4.78. The number of carbonyl (C=O) groups excluding carboxylic acids is 1. The van der Waals surface area contributed by atoms with Crippen molar-refractivity contribution >= 4 is 27.6 Å². The van der Waals surface area contributed by atoms with Crippen LogP contribution >= 0.6 is 15.9 Å². The molecule has 0 fully saturated rings. The lowest BCUT2D eigenvalue weighted by atomic mass is 10.2. The van der Waals surface area contributed by atoms with Gasteiger partial charge in [0.1, 0.15) is 12.4 Å². The second kappa shape index (κ2) is 8.86. The summed E-state index contributed by atoms with van der Waals surface area (Å²) in [4.78, 5) is 11.7. The van der Waals surface area contributed by atoms with Crippen molar-refractivity contribution in [2.75, 3.05) is 18.5 Å². The number of ether oxygens (including phenoxy) is 1. The fourth-order valence-electron chi connectivity index (χ4n) is 1.81. The standard InChI is InChI=1S/C18H17BrN2O2/c1-14-6-4-8-16(12-14)21-18(22)20-10-2-3-11-23-17-9-5-7-15(19)13-17/h4-9,12-13H,10-11H2,1H3,(H2,20,21,22). The number of hydrogen-bond acceptors (Lipinski definition) is 2. The van der Waals surface area contributed by atoms with Crippen LogP contribution in [0.2, 0.25) is 0 Å². The highest BCUT2D eigenvalue weighted by molar-refractivity contribution is 9.10. The van der Waals surface area contributed by atoms with Crippen molar-refractivity contribution in [1.29, 1.82) is 0 Å². The number of urea groups is 1. The van der Waals surface area contributed by atoms with E-state index >= 15 is 0 Å². The summed E-state index contributed by atoms with van der Waals surface area (Å²) in [6.45, 7) is 2.51. The van der Waals surface area contributed by atoms with E-state index in [0.717, 1.165) is 21.5 Å². The molecule has 0 heterocycles. The maximum absolute atomic E-state index is 11.7. The van der Waals surface area contributed by atoms with E-state index < -0.39 is 0 Å². The molecule has 0 spiro atoms. The zero-order valence-corrected chi connectivity index (χ0v) is 14.3. The molecule has 0 saturated heterocycles. The first-order chi connectivity index (χ1) is 11.1. The second-order valence-corrected chi connectivity index (χ2v) is 5.69. The van der Waals surface area contributed by atoms with Gasteiger partial charge in [-0.05, 0) is 42.8 Å². The first kappa shape index (κ1) is 16.9. The molecular formula is C18H17BrN2O2. The SMILES string of the molecule is Cc1cccc(NC(=O)NCC#CCOc2cccc(Br)c2)c1. The molecule has 0 saturated carbocycles. The highest BCUT2D eigenvalue weighted by Gasteiger charge is 1.99. The number of aryl methyl sites for hydroxylation is 1. The topological polar surface area (TPSA) is 50.4 Å². The maximum atomic E-state index is 11.7. The Morgan fingerprint density at radius 1 is 1.17 bits per heavy atom. The number of hydrogen-bond donors (Lipinski definition) is 2. The molecule has 0 atom stereocenters. The minimum Gasteiger partial charge on any atom is -0.481 e. The minimum absolute atomic E-state index is 0.263. The molecule has 2 aromatic rings. The van der Waals surface area contributed by atoms with E-state index in [-0.39, 0.29) is 19.2 Å². The van der Waals surface area contributed by atoms with Gasteiger partial charge in [0, 0.05) is 10.2 Å². The van der Waals surface area contributed by atoms with Crippen LogP contribution < -0.4 is 15.4 Å². The lowest BCUT2D eigenvalue weighted by Gasteiger charge is -2.05. The molecule has 4 nitrogen and oxygen atoms in total. The Morgan fingerprint density at radius 2 is 2.00 bits per heavy atom. The Kier molecular flexibility index (Phi) is 6.52. The molecule has 5 heteroatoms. The van der Waals surface area contributed by atoms with Crippen molar-refractivity contribution in [3.8, 4) is 17.6 Å². The van der Waals surface area contributed by atoms with E-state index in [2.05, 4.69) is 38.4 Å². The van der Waals surface area contributed by atoms with Gasteiger partial charge in [-0.25, -0.2) is 4.79 Å². The first-order valence-corrected chi connectivity index (χ1v) is 7.88. The van der Waals surface area contributed by atoms with E-state index in [0.29, 0.717) is 0 Å². The van der Waals surface area contributed by atoms with E-state index in [4.69, 9.17) is 4.74 Å². The van der Waals surface area contributed by atoms with Gasteiger partial charge in [0.25, 0.3) is 0 Å². The molecule has 23 heavy (non-hydrogen) atoms. The van der Waals surface area contributed by atoms with Crippen LogP contribution in [0.25, 0.3) is 0 Å². The van der Waals surface area contributed by atoms with Crippen molar-refractivity contribution < 1.29 is 9.53 Å². The van der Waals surface area contributed by atoms with Gasteiger partial charge < -0.3 is 15.4 Å². The van der Waals surface area contributed by atoms with E-state index in [1.807, 2.05) is 55.5 Å². The molecule has 0 aliphatic heterocycles. The van der Waals surface area contributed by atoms with Crippen LogP contribution in [0, 0.1) is 18.8 Å². The van der Waals surface area contributed by atoms with Crippen LogP contribution in [0.4, 0.5) is 10.5 Å². The van der Waals surface area contributed by atoms with Crippen LogP contribution in [-0.2, 0) is 0 Å². The highest BCUT2D eigenvalue weighted by Crippen LogP contribution is 2.17. The average molecular weight is 373 g/mol. The van der Waals surface area contributed by atoms with Crippen molar-refractivity contribution in [3.05, 3.63) is 58.6 Å². The Hall–Kier alpha value is -2.45. The lowest BCUT2D eigenvalue weighted by molar-refractivity contribution is 0.253. The van der Waals surface area contributed by atoms with Crippen LogP contribution in [-0.4, -0.2) is 19.2 Å². The maximum Gasteiger partial charge on any atom is 0.319 e. The molecule has 0 unspecified atom stereocenters. The Balaban J connectivity index is 1.68. The third kappa shape index (κ3) is 6.45. The number of rotatable bonds is 4. The van der Waals surface area contributed by atoms with Gasteiger partial charge in [-0.1, -0.05) is 46.0 Å². The van der Waals surface area contributed by atoms with Crippen molar-refractivity contribution in [3.63, 3.8) is 0 Å². The monoisotopic (exact) mass is 372 g/mol. The molecule has 2 aromatic carbocycles. The zero-order valence-electron chi connectivity index (χ0n) is 12.7. The third-order valence-electron chi connectivity index (χ3n) is 2.85. The fraction of sp³-hybridized carbons (Fsp3) is 0.167. The van der Waals surface area contributed by atoms with Crippen molar-refractivity contribution in [2.45, 2.75) is 6.92 Å². The van der Waals surface area contributed by atoms with Gasteiger partial charge in [-0.15, -0.1) is 0 Å². The number of anilines is 1. The van der Waals surface area contributed by atoms with Crippen molar-refractivity contribution in [2.24, 2.45) is 0 Å². The van der Waals surface area contributed by atoms with E-state index in [9.17, 15) is 4.79 Å². The molecule has 0 aliphatic carbocycles. The Bertz CT molecular complexity index is 735. The third-order valence-corrected chi connectivity index (χ3v) is 3.34. The number of benzene rings is 2. The summed E-state index contributed by atoms with van der Waals surface area (Å²) in [5.74, 6) is 6.44. The summed E-state index contributed by atoms with van der Waals surface area (Å²) in [5, 5.41) is 5.42. The molecule has 0 bridgehead atoms. The summed E-state index contributed by atoms with van der Waals surface area (Å²) in [6, 6.07) is 14.9. The normalized spacial score (nSPS) is 9.48. The minimum atomic E-state index is -0.280. The number of nitrogens with one attached hydrogen (secondary N) is 2. The predicted octanol–water partition coefficient (Wildman–Crippen LogP) is 3.96. The molecule has 0 aromatic heterocycles. The molecule has 2 amide bonds. The van der Waals surface area contributed by atoms with Gasteiger partial charge in [0.05, 0.1) is 6.54 Å². The van der Waals surface area contributed by atoms with Crippen LogP contribution in [0.5, 0.6) is 5.75 Å². The first-order valence-electron chi connectivity index (χ1n) is 7.09. The van der Waals surface area contributed by atoms with Crippen LogP contribution in [0.15, 0.2) is 53.0 Å². The van der Waals surface area contributed by atoms with Crippen LogP contribution in [0.3, 0.4) is 0 Å². The van der Waals surface area contributed by atoms with Gasteiger partial charge in [0.2, 0.25) is 0 Å². The number of halogens is 1. The zero-order chi connectivity index (χ0) is 16.5. The summed E-state index contributed by atoms with van der Waals surface area (Å²) in [7, 11) is 0. The Labute approximate surface area is 144 Å². The van der Waals surface area contributed by atoms with Gasteiger partial charge in [-0.2, -0.15) is 0 Å². The van der Waals surface area contributed by atoms with E-state index in [1.165, 1.54) is 0 Å². The molecule has 118 valence electrons. The summed E-state index contributed by atoms with van der Waals surface area (Å²) in [6.07, 6.45) is 0. The Morgan fingerprint density at radius 3 is 2.78 bits per heavy atom. The number of carbonyl (C=O) groups is 1. The smallest absolute Gasteiger partial charge is 0.319 e. The highest BCUT2D eigenvalue weighted by atomic mass is 79.9. The molecular weight excluding hydrogens is 356 g/mol. The fourth-order valence-corrected chi connectivity index (χ4v) is 2.19. The van der Waals surface area contributed by atoms with Crippen LogP contribution in [0.1, 0.15) is 5.56 Å². The summed E-state index contributed by atoms with van der Waals surface area (Å²) >= 11 is 3.37. The molecule has 2 rings (SSSR count). The van der Waals surface area contributed by atoms with Gasteiger partial charge in [0.15, 0.2) is 0 Å². The molecule has 2 N–H and O–H groups in total. The summed E-state index contributed by atoms with van der Waals surface area (Å²) in [5.41, 5.74) is 1.85. The molecule has 0 radical (unpaired) electrons. The largest absolute Gasteiger partial charge is 0.481 e. The predicted molar refractivity (Wildman–Crippen MR) is 95.6 cm³/mol. The number of amides is 2. The van der Waals surface area contributed by atoms with Gasteiger partial charge >= 0.3 is 6.03 Å². The van der Waals surface area contributed by atoms with E-state index in [1.54, 1.807) is 0 Å². The molecule has 0 aliphatic rings. The summed E-state index contributed by atoms with van der Waals surface area (Å²) < 4.78 is 6.43. The van der Waals surface area contributed by atoms with Crippen molar-refractivity contribution in [1.82, 2.24) is 5.32 Å².